The van der Waals surface area contributed by atoms with Gasteiger partial charge in [-0.2, -0.15) is 0 Å². The van der Waals surface area contributed by atoms with Crippen molar-refractivity contribution < 1.29 is 46.4 Å². The van der Waals surface area contributed by atoms with Gasteiger partial charge < -0.3 is 37.9 Å². The molecule has 0 bridgehead atoms. The smallest absolute Gasteiger partial charge is 0.317 e. The minimum absolute atomic E-state index is 0.111. The summed E-state index contributed by atoms with van der Waals surface area (Å²) in [7, 11) is 5.62. The van der Waals surface area contributed by atoms with Crippen LogP contribution in [-0.2, 0) is 41.3 Å². The van der Waals surface area contributed by atoms with E-state index >= 15 is 0 Å². The average Bonchev–Trinajstić information content (AvgIpc) is 3.47. The summed E-state index contributed by atoms with van der Waals surface area (Å²) in [6.45, 7) is 24.7. The van der Waals surface area contributed by atoms with Crippen LogP contribution in [0.25, 0.3) is 0 Å². The molecule has 3 aliphatic rings. The van der Waals surface area contributed by atoms with Crippen molar-refractivity contribution >= 4 is 52.3 Å². The van der Waals surface area contributed by atoms with E-state index < -0.39 is 71.5 Å². The summed E-state index contributed by atoms with van der Waals surface area (Å²) in [6, 6.07) is 0.466. The number of amidine groups is 1. The molecule has 3 heterocycles. The Morgan fingerprint density at radius 3 is 1.87 bits per heavy atom. The first-order chi connectivity index (χ1) is 24.8. The summed E-state index contributed by atoms with van der Waals surface area (Å²) < 4.78 is 27.1. The third-order valence-corrected chi connectivity index (χ3v) is 9.91. The van der Waals surface area contributed by atoms with Crippen LogP contribution in [-0.4, -0.2) is 96.8 Å². The van der Waals surface area contributed by atoms with Crippen molar-refractivity contribution in [2.75, 3.05) is 21.2 Å². The van der Waals surface area contributed by atoms with E-state index in [1.54, 1.807) is 34.8 Å². The molecule has 0 aromatic heterocycles. The number of hydrogen-bond donors (Lipinski definition) is 2. The maximum Gasteiger partial charge on any atom is 0.317 e. The number of carbonyl (C=O) groups excluding carboxylic acids is 4. The van der Waals surface area contributed by atoms with Crippen molar-refractivity contribution in [2.45, 2.75) is 165 Å². The lowest BCUT2D eigenvalue weighted by Gasteiger charge is -2.36. The molecule has 3 saturated heterocycles. The maximum absolute atomic E-state index is 13.6. The van der Waals surface area contributed by atoms with Gasteiger partial charge in [0.1, 0.15) is 35.6 Å². The first-order valence-corrected chi connectivity index (χ1v) is 20.3. The lowest BCUT2D eigenvalue weighted by molar-refractivity contribution is -0.172. The molecule has 3 rings (SSSR count). The van der Waals surface area contributed by atoms with Crippen LogP contribution in [0.3, 0.4) is 0 Å². The molecule has 0 spiro atoms. The van der Waals surface area contributed by atoms with Gasteiger partial charge in [-0.1, -0.05) is 80.8 Å². The van der Waals surface area contributed by atoms with Crippen LogP contribution in [0.5, 0.6) is 0 Å². The Labute approximate surface area is 334 Å². The van der Waals surface area contributed by atoms with E-state index in [0.29, 0.717) is 25.3 Å². The standard InChI is InChI=1S/C24H37IN2O8.C8H17NO2.C3H8.2C2H6/c1-8-15-20-16(17(23(31)34-20)21(26)27-35-25)13(4)18(28)11(2)9-24(6,32-7)10-12(3)19(29)14(5)22(30)33-15;1-6-4-7(9(2)3)5-8(10)11-6;1-3-2;2*1-2/h11-17,20H,8-10H2,1-7H3,(H2,26,27);6-8,10H,4-5H2,1-3H3;3H2,1-2H3;2*1-2H3/t11-,12?,13-,14?,15+,16?,17?,20?,24-;;;;/m1..../s1. The number of halogens is 1. The van der Waals surface area contributed by atoms with Gasteiger partial charge in [-0.25, -0.2) is 0 Å². The second-order valence-electron chi connectivity index (χ2n) is 14.3. The van der Waals surface area contributed by atoms with Crippen molar-refractivity contribution in [1.82, 2.24) is 4.90 Å². The van der Waals surface area contributed by atoms with Crippen LogP contribution >= 0.6 is 23.0 Å². The summed E-state index contributed by atoms with van der Waals surface area (Å²) in [5.41, 5.74) is 5.28. The number of Topliss-reactive ketones (excluding diaryl/α,β-unsaturated/α-hetero) is 2. The summed E-state index contributed by atoms with van der Waals surface area (Å²) in [5, 5.41) is 13.0. The van der Waals surface area contributed by atoms with Crippen LogP contribution in [0.1, 0.15) is 129 Å². The van der Waals surface area contributed by atoms with E-state index in [-0.39, 0.29) is 23.5 Å². The predicted molar refractivity (Wildman–Crippen MR) is 217 cm³/mol. The number of nitrogens with zero attached hydrogens (tertiary/aromatic N) is 2. The van der Waals surface area contributed by atoms with Crippen molar-refractivity contribution in [3.63, 3.8) is 0 Å². The highest BCUT2D eigenvalue weighted by Crippen LogP contribution is 2.41. The minimum atomic E-state index is -1.05. The van der Waals surface area contributed by atoms with Gasteiger partial charge >= 0.3 is 11.9 Å². The largest absolute Gasteiger partial charge is 0.458 e. The van der Waals surface area contributed by atoms with E-state index in [9.17, 15) is 24.3 Å². The van der Waals surface area contributed by atoms with Crippen molar-refractivity contribution in [3.05, 3.63) is 0 Å². The quantitative estimate of drug-likeness (QED) is 0.0732. The Balaban J connectivity index is 0. The number of ether oxygens (including phenoxy) is 4. The Morgan fingerprint density at radius 2 is 1.43 bits per heavy atom. The molecule has 3 aliphatic heterocycles. The summed E-state index contributed by atoms with van der Waals surface area (Å²) in [5.74, 6) is -6.29. The van der Waals surface area contributed by atoms with Crippen LogP contribution in [0.4, 0.5) is 0 Å². The number of oxime groups is 1. The number of ketones is 2. The zero-order valence-corrected chi connectivity index (χ0v) is 37.7. The van der Waals surface area contributed by atoms with E-state index in [1.165, 1.54) is 36.4 Å². The monoisotopic (exact) mass is 871 g/mol. The third-order valence-electron chi connectivity index (χ3n) is 9.71. The second-order valence-corrected chi connectivity index (χ2v) is 14.7. The van der Waals surface area contributed by atoms with E-state index in [0.717, 1.165) is 12.8 Å². The molecule has 0 aromatic rings. The van der Waals surface area contributed by atoms with Gasteiger partial charge in [0.25, 0.3) is 0 Å². The van der Waals surface area contributed by atoms with E-state index in [4.69, 9.17) is 27.8 Å². The summed E-state index contributed by atoms with van der Waals surface area (Å²) in [4.78, 5) is 54.7. The van der Waals surface area contributed by atoms with E-state index in [2.05, 4.69) is 23.9 Å². The zero-order valence-electron chi connectivity index (χ0n) is 35.6. The zero-order chi connectivity index (χ0) is 41.8. The molecular formula is C39H74IN3O10. The molecule has 312 valence electrons. The minimum Gasteiger partial charge on any atom is -0.458 e. The van der Waals surface area contributed by atoms with Crippen LogP contribution in [0.15, 0.2) is 5.16 Å². The molecule has 53 heavy (non-hydrogen) atoms. The molecule has 13 nitrogen and oxygen atoms in total. The number of nitrogens with two attached hydrogens (primary N) is 1. The van der Waals surface area contributed by atoms with Gasteiger partial charge in [-0.05, 0) is 60.5 Å². The van der Waals surface area contributed by atoms with Gasteiger partial charge in [0, 0.05) is 43.2 Å². The predicted octanol–water partition coefficient (Wildman–Crippen LogP) is 6.89. The van der Waals surface area contributed by atoms with Crippen molar-refractivity contribution in [2.24, 2.45) is 46.4 Å². The van der Waals surface area contributed by atoms with E-state index in [1.807, 2.05) is 55.6 Å². The molecule has 12 atom stereocenters. The number of rotatable bonds is 5. The van der Waals surface area contributed by atoms with Gasteiger partial charge in [0.2, 0.25) is 23.0 Å². The van der Waals surface area contributed by atoms with Crippen molar-refractivity contribution in [3.8, 4) is 0 Å². The number of cyclic esters (lactones) is 1. The number of esters is 2. The van der Waals surface area contributed by atoms with Crippen LogP contribution in [0.2, 0.25) is 0 Å². The Kier molecular flexibility index (Phi) is 27.0. The molecule has 0 aromatic carbocycles. The number of hydrogen-bond acceptors (Lipinski definition) is 12. The molecule has 8 unspecified atom stereocenters. The molecule has 14 heteroatoms. The number of methoxy groups -OCH3 is 1. The molecular weight excluding hydrogens is 797 g/mol. The maximum atomic E-state index is 13.6. The molecule has 0 radical (unpaired) electrons. The summed E-state index contributed by atoms with van der Waals surface area (Å²) >= 11 is 1.53. The SMILES string of the molecule is CC.CC.CC1CC(N(C)C)CC(O)O1.CCC.CC[C@@H]1OC(=O)C(C)C(=O)C(C)C[C@](C)(OC)C[C@@H](C)C(=O)[C@H](C)C2C(/C(N)=N/OI)C(=O)OC21. The fourth-order valence-corrected chi connectivity index (χ4v) is 7.25. The number of aliphatic hydroxyl groups excluding tert-OH is 1. The second kappa shape index (κ2) is 26.8. The number of fused-ring (bicyclic) bond motifs is 1. The highest BCUT2D eigenvalue weighted by molar-refractivity contribution is 14.1. The lowest BCUT2D eigenvalue weighted by atomic mass is 9.72. The lowest BCUT2D eigenvalue weighted by Crippen LogP contribution is -2.47. The Hall–Kier alpha value is -1.88. The molecule has 0 aliphatic carbocycles. The highest BCUT2D eigenvalue weighted by Gasteiger charge is 2.55. The van der Waals surface area contributed by atoms with Gasteiger partial charge in [0.15, 0.2) is 12.1 Å². The normalized spacial score (nSPS) is 35.2. The molecule has 3 N–H and O–H groups in total. The Morgan fingerprint density at radius 1 is 0.925 bits per heavy atom. The first kappa shape index (κ1) is 53.2. The number of aliphatic hydroxyl groups is 1. The average molecular weight is 872 g/mol. The number of carbonyl (C=O) groups is 4. The fourth-order valence-electron chi connectivity index (χ4n) is 7.02. The highest BCUT2D eigenvalue weighted by atomic mass is 127. The summed E-state index contributed by atoms with van der Waals surface area (Å²) in [6.07, 6.45) is 1.83. The van der Waals surface area contributed by atoms with Crippen LogP contribution in [0, 0.1) is 35.5 Å². The third kappa shape index (κ3) is 16.4. The van der Waals surface area contributed by atoms with Gasteiger partial charge in [-0.15, -0.1) is 0 Å². The van der Waals surface area contributed by atoms with Crippen LogP contribution < -0.4 is 5.73 Å². The molecule has 0 amide bonds. The molecule has 3 fully saturated rings. The molecule has 0 saturated carbocycles. The first-order valence-electron chi connectivity index (χ1n) is 19.5. The van der Waals surface area contributed by atoms with Crippen molar-refractivity contribution in [1.29, 1.82) is 0 Å². The van der Waals surface area contributed by atoms with Gasteiger partial charge in [-0.3, -0.25) is 19.2 Å². The van der Waals surface area contributed by atoms with Gasteiger partial charge in [0.05, 0.1) is 11.7 Å². The topological polar surface area (TPSA) is 176 Å². The fraction of sp³-hybridized carbons (Fsp3) is 0.872. The Bertz CT molecular complexity index is 1120.